The molecule has 0 spiro atoms. The Kier molecular flexibility index (Phi) is 5.55. The monoisotopic (exact) mass is 250 g/mol. The van der Waals surface area contributed by atoms with E-state index in [-0.39, 0.29) is 11.9 Å². The van der Waals surface area contributed by atoms with Gasteiger partial charge in [0.25, 0.3) is 5.91 Å². The topological polar surface area (TPSA) is 66.9 Å². The second-order valence-electron chi connectivity index (χ2n) is 4.54. The van der Waals surface area contributed by atoms with Gasteiger partial charge in [0.15, 0.2) is 5.69 Å². The zero-order chi connectivity index (χ0) is 13.5. The predicted molar refractivity (Wildman–Crippen MR) is 72.6 cm³/mol. The fourth-order valence-corrected chi connectivity index (χ4v) is 1.28. The Hall–Kier alpha value is -1.65. The van der Waals surface area contributed by atoms with Crippen molar-refractivity contribution in [3.05, 3.63) is 17.8 Å². The van der Waals surface area contributed by atoms with E-state index >= 15 is 0 Å². The molecule has 2 N–H and O–H groups in total. The van der Waals surface area contributed by atoms with Crippen LogP contribution in [0.4, 0.5) is 5.82 Å². The predicted octanol–water partition coefficient (Wildman–Crippen LogP) is 2.22. The van der Waals surface area contributed by atoms with Gasteiger partial charge in [0.1, 0.15) is 5.82 Å². The molecular weight excluding hydrogens is 228 g/mol. The van der Waals surface area contributed by atoms with Crippen LogP contribution >= 0.6 is 0 Å². The third kappa shape index (κ3) is 4.31. The van der Waals surface area contributed by atoms with Gasteiger partial charge in [-0.3, -0.25) is 4.79 Å². The number of carbonyl (C=O) groups excluding carboxylic acids is 1. The average Bonchev–Trinajstić information content (AvgIpc) is 2.39. The van der Waals surface area contributed by atoms with E-state index in [1.165, 1.54) is 0 Å². The second-order valence-corrected chi connectivity index (χ2v) is 4.54. The standard InChI is InChI=1S/C13H22N4O/c1-5-9(3)14-12-8-7-11(16-17-12)13(18)15-10(4)6-2/h7-10H,5-6H2,1-4H3,(H,14,17)(H,15,18). The molecule has 0 aromatic carbocycles. The van der Waals surface area contributed by atoms with Crippen molar-refractivity contribution in [3.8, 4) is 0 Å². The average molecular weight is 250 g/mol. The van der Waals surface area contributed by atoms with Gasteiger partial charge in [-0.05, 0) is 38.8 Å². The van der Waals surface area contributed by atoms with Gasteiger partial charge in [-0.2, -0.15) is 0 Å². The minimum absolute atomic E-state index is 0.150. The molecule has 0 aliphatic carbocycles. The molecule has 0 saturated heterocycles. The van der Waals surface area contributed by atoms with Gasteiger partial charge in [-0.15, -0.1) is 10.2 Å². The molecule has 0 aliphatic rings. The molecule has 0 aliphatic heterocycles. The normalized spacial score (nSPS) is 13.8. The number of amides is 1. The van der Waals surface area contributed by atoms with Gasteiger partial charge in [0.05, 0.1) is 0 Å². The Balaban J connectivity index is 2.62. The Bertz CT molecular complexity index is 377. The van der Waals surface area contributed by atoms with Crippen LogP contribution in [-0.4, -0.2) is 28.2 Å². The van der Waals surface area contributed by atoms with E-state index in [9.17, 15) is 4.79 Å². The van der Waals surface area contributed by atoms with Gasteiger partial charge in [0.2, 0.25) is 0 Å². The number of aromatic nitrogens is 2. The Morgan fingerprint density at radius 1 is 1.17 bits per heavy atom. The molecule has 1 aromatic rings. The fourth-order valence-electron chi connectivity index (χ4n) is 1.28. The Labute approximate surface area is 108 Å². The highest BCUT2D eigenvalue weighted by molar-refractivity contribution is 5.92. The molecule has 0 radical (unpaired) electrons. The summed E-state index contributed by atoms with van der Waals surface area (Å²) in [5, 5.41) is 14.0. The molecule has 0 saturated carbocycles. The first kappa shape index (κ1) is 14.4. The molecule has 2 atom stereocenters. The summed E-state index contributed by atoms with van der Waals surface area (Å²) < 4.78 is 0. The number of anilines is 1. The van der Waals surface area contributed by atoms with Crippen LogP contribution in [0.25, 0.3) is 0 Å². The van der Waals surface area contributed by atoms with E-state index < -0.39 is 0 Å². The van der Waals surface area contributed by atoms with E-state index in [1.54, 1.807) is 12.1 Å². The molecular formula is C13H22N4O. The van der Waals surface area contributed by atoms with Crippen LogP contribution in [0.15, 0.2) is 12.1 Å². The molecule has 1 heterocycles. The number of nitrogens with one attached hydrogen (secondary N) is 2. The first-order valence-electron chi connectivity index (χ1n) is 6.47. The van der Waals surface area contributed by atoms with Crippen molar-refractivity contribution in [2.45, 2.75) is 52.6 Å². The van der Waals surface area contributed by atoms with Crippen molar-refractivity contribution in [1.82, 2.24) is 15.5 Å². The fraction of sp³-hybridized carbons (Fsp3) is 0.615. The summed E-state index contributed by atoms with van der Waals surface area (Å²) in [5.74, 6) is 0.524. The molecule has 2 unspecified atom stereocenters. The van der Waals surface area contributed by atoms with E-state index in [1.807, 2.05) is 13.8 Å². The molecule has 1 rings (SSSR count). The van der Waals surface area contributed by atoms with Crippen molar-refractivity contribution >= 4 is 11.7 Å². The zero-order valence-corrected chi connectivity index (χ0v) is 11.5. The highest BCUT2D eigenvalue weighted by Gasteiger charge is 2.10. The highest BCUT2D eigenvalue weighted by atomic mass is 16.2. The lowest BCUT2D eigenvalue weighted by Gasteiger charge is -2.12. The minimum Gasteiger partial charge on any atom is -0.366 e. The van der Waals surface area contributed by atoms with Crippen LogP contribution in [-0.2, 0) is 0 Å². The van der Waals surface area contributed by atoms with E-state index in [2.05, 4.69) is 34.7 Å². The van der Waals surface area contributed by atoms with Crippen LogP contribution < -0.4 is 10.6 Å². The highest BCUT2D eigenvalue weighted by Crippen LogP contribution is 2.05. The molecule has 5 nitrogen and oxygen atoms in total. The number of carbonyl (C=O) groups is 1. The van der Waals surface area contributed by atoms with Crippen molar-refractivity contribution in [1.29, 1.82) is 0 Å². The summed E-state index contributed by atoms with van der Waals surface area (Å²) in [6, 6.07) is 3.97. The first-order valence-corrected chi connectivity index (χ1v) is 6.47. The maximum atomic E-state index is 11.8. The lowest BCUT2D eigenvalue weighted by atomic mass is 10.2. The van der Waals surface area contributed by atoms with Crippen molar-refractivity contribution in [2.75, 3.05) is 5.32 Å². The molecule has 0 bridgehead atoms. The van der Waals surface area contributed by atoms with Crippen LogP contribution in [0.5, 0.6) is 0 Å². The quantitative estimate of drug-likeness (QED) is 0.812. The van der Waals surface area contributed by atoms with Crippen LogP contribution in [0.2, 0.25) is 0 Å². The minimum atomic E-state index is -0.174. The number of rotatable bonds is 6. The summed E-state index contributed by atoms with van der Waals surface area (Å²) in [6.45, 7) is 8.16. The summed E-state index contributed by atoms with van der Waals surface area (Å²) in [6.07, 6.45) is 1.91. The molecule has 1 aromatic heterocycles. The van der Waals surface area contributed by atoms with Crippen molar-refractivity contribution in [2.24, 2.45) is 0 Å². The number of hydrogen-bond donors (Lipinski definition) is 2. The van der Waals surface area contributed by atoms with Gasteiger partial charge in [0, 0.05) is 12.1 Å². The van der Waals surface area contributed by atoms with Crippen LogP contribution in [0.1, 0.15) is 51.0 Å². The summed E-state index contributed by atoms with van der Waals surface area (Å²) >= 11 is 0. The summed E-state index contributed by atoms with van der Waals surface area (Å²) in [4.78, 5) is 11.8. The number of nitrogens with zero attached hydrogens (tertiary/aromatic N) is 2. The molecule has 5 heteroatoms. The van der Waals surface area contributed by atoms with Crippen LogP contribution in [0.3, 0.4) is 0 Å². The zero-order valence-electron chi connectivity index (χ0n) is 11.5. The maximum Gasteiger partial charge on any atom is 0.272 e. The van der Waals surface area contributed by atoms with Crippen LogP contribution in [0, 0.1) is 0 Å². The van der Waals surface area contributed by atoms with Gasteiger partial charge in [-0.1, -0.05) is 13.8 Å². The summed E-state index contributed by atoms with van der Waals surface area (Å²) in [5.41, 5.74) is 0.352. The SMILES string of the molecule is CCC(C)NC(=O)c1ccc(NC(C)CC)nn1. The van der Waals surface area contributed by atoms with E-state index in [4.69, 9.17) is 0 Å². The lowest BCUT2D eigenvalue weighted by Crippen LogP contribution is -2.32. The first-order chi connectivity index (χ1) is 8.56. The lowest BCUT2D eigenvalue weighted by molar-refractivity contribution is 0.0933. The molecule has 18 heavy (non-hydrogen) atoms. The smallest absolute Gasteiger partial charge is 0.272 e. The third-order valence-corrected chi connectivity index (χ3v) is 2.89. The largest absolute Gasteiger partial charge is 0.366 e. The molecule has 100 valence electrons. The van der Waals surface area contributed by atoms with Crippen molar-refractivity contribution in [3.63, 3.8) is 0 Å². The van der Waals surface area contributed by atoms with Gasteiger partial charge >= 0.3 is 0 Å². The summed E-state index contributed by atoms with van der Waals surface area (Å²) in [7, 11) is 0. The molecule has 0 fully saturated rings. The maximum absolute atomic E-state index is 11.8. The van der Waals surface area contributed by atoms with Gasteiger partial charge < -0.3 is 10.6 Å². The number of hydrogen-bond acceptors (Lipinski definition) is 4. The Morgan fingerprint density at radius 3 is 2.33 bits per heavy atom. The van der Waals surface area contributed by atoms with Crippen molar-refractivity contribution < 1.29 is 4.79 Å². The second kappa shape index (κ2) is 6.93. The van der Waals surface area contributed by atoms with E-state index in [0.29, 0.717) is 17.6 Å². The Morgan fingerprint density at radius 2 is 1.83 bits per heavy atom. The van der Waals surface area contributed by atoms with Gasteiger partial charge in [-0.25, -0.2) is 0 Å². The third-order valence-electron chi connectivity index (χ3n) is 2.89. The van der Waals surface area contributed by atoms with E-state index in [0.717, 1.165) is 12.8 Å². The molecule has 1 amide bonds.